The van der Waals surface area contributed by atoms with Gasteiger partial charge >= 0.3 is 0 Å². The maximum atomic E-state index is 12.3. The number of amides is 1. The minimum atomic E-state index is -0.171. The molecule has 0 bridgehead atoms. The van der Waals surface area contributed by atoms with Gasteiger partial charge in [-0.15, -0.1) is 0 Å². The molecule has 1 aromatic heterocycles. The van der Waals surface area contributed by atoms with E-state index in [4.69, 9.17) is 9.47 Å². The Kier molecular flexibility index (Phi) is 5.56. The van der Waals surface area contributed by atoms with E-state index >= 15 is 0 Å². The van der Waals surface area contributed by atoms with Crippen LogP contribution >= 0.6 is 0 Å². The molecule has 0 spiro atoms. The first-order chi connectivity index (χ1) is 13.1. The molecule has 3 rings (SSSR count). The highest BCUT2D eigenvalue weighted by Crippen LogP contribution is 2.31. The predicted molar refractivity (Wildman–Crippen MR) is 106 cm³/mol. The van der Waals surface area contributed by atoms with Crippen molar-refractivity contribution >= 4 is 23.1 Å². The van der Waals surface area contributed by atoms with Crippen molar-refractivity contribution in [2.45, 2.75) is 6.92 Å². The summed E-state index contributed by atoms with van der Waals surface area (Å²) in [6.45, 7) is 1.95. The number of carbonyl (C=O) groups is 1. The maximum absolute atomic E-state index is 12.3. The zero-order valence-electron chi connectivity index (χ0n) is 15.4. The molecule has 0 aliphatic carbocycles. The van der Waals surface area contributed by atoms with Crippen molar-refractivity contribution in [3.05, 3.63) is 71.9 Å². The highest BCUT2D eigenvalue weighted by Gasteiger charge is 2.08. The largest absolute Gasteiger partial charge is 0.497 e. The predicted octanol–water partition coefficient (Wildman–Crippen LogP) is 4.40. The van der Waals surface area contributed by atoms with Crippen molar-refractivity contribution in [2.24, 2.45) is 0 Å². The van der Waals surface area contributed by atoms with E-state index in [2.05, 4.69) is 15.6 Å². The Balaban J connectivity index is 1.71. The lowest BCUT2D eigenvalue weighted by molar-refractivity contribution is 0.102. The number of aryl methyl sites for hydroxylation is 1. The molecule has 1 heterocycles. The monoisotopic (exact) mass is 363 g/mol. The van der Waals surface area contributed by atoms with Crippen LogP contribution in [0.15, 0.2) is 60.8 Å². The smallest absolute Gasteiger partial charge is 0.255 e. The van der Waals surface area contributed by atoms with Gasteiger partial charge in [-0.25, -0.2) is 4.98 Å². The number of rotatable bonds is 6. The normalized spacial score (nSPS) is 10.2. The average Bonchev–Trinajstić information content (AvgIpc) is 2.69. The van der Waals surface area contributed by atoms with Crippen LogP contribution in [0.3, 0.4) is 0 Å². The summed E-state index contributed by atoms with van der Waals surface area (Å²) in [5.41, 5.74) is 3.00. The Labute approximate surface area is 158 Å². The van der Waals surface area contributed by atoms with Crippen LogP contribution in [0.5, 0.6) is 11.5 Å². The van der Waals surface area contributed by atoms with Gasteiger partial charge in [0, 0.05) is 11.6 Å². The van der Waals surface area contributed by atoms with Crippen LogP contribution in [0.4, 0.5) is 17.2 Å². The Morgan fingerprint density at radius 2 is 1.85 bits per heavy atom. The Morgan fingerprint density at radius 3 is 2.52 bits per heavy atom. The van der Waals surface area contributed by atoms with Crippen molar-refractivity contribution < 1.29 is 14.3 Å². The van der Waals surface area contributed by atoms with Gasteiger partial charge in [0.25, 0.3) is 5.91 Å². The summed E-state index contributed by atoms with van der Waals surface area (Å²) in [6.07, 6.45) is 1.60. The summed E-state index contributed by atoms with van der Waals surface area (Å²) in [5.74, 6) is 1.83. The Bertz CT molecular complexity index is 940. The number of nitrogens with one attached hydrogen (secondary N) is 2. The van der Waals surface area contributed by atoms with Gasteiger partial charge in [-0.3, -0.25) is 4.79 Å². The summed E-state index contributed by atoms with van der Waals surface area (Å²) in [4.78, 5) is 16.7. The van der Waals surface area contributed by atoms with Crippen molar-refractivity contribution in [3.63, 3.8) is 0 Å². The fourth-order valence-corrected chi connectivity index (χ4v) is 2.58. The summed E-state index contributed by atoms with van der Waals surface area (Å²) >= 11 is 0. The number of pyridine rings is 1. The second-order valence-corrected chi connectivity index (χ2v) is 5.95. The van der Waals surface area contributed by atoms with E-state index in [-0.39, 0.29) is 5.91 Å². The van der Waals surface area contributed by atoms with Crippen LogP contribution < -0.4 is 20.1 Å². The highest BCUT2D eigenvalue weighted by atomic mass is 16.5. The molecule has 3 aromatic rings. The lowest BCUT2D eigenvalue weighted by Crippen LogP contribution is -2.12. The van der Waals surface area contributed by atoms with Gasteiger partial charge in [0.15, 0.2) is 0 Å². The highest BCUT2D eigenvalue weighted by molar-refractivity contribution is 6.04. The molecule has 0 aliphatic rings. The van der Waals surface area contributed by atoms with Crippen LogP contribution in [0, 0.1) is 6.92 Å². The number of nitrogens with zero attached hydrogens (tertiary/aromatic N) is 1. The second kappa shape index (κ2) is 8.23. The molecular weight excluding hydrogens is 342 g/mol. The number of aromatic nitrogens is 1. The van der Waals surface area contributed by atoms with Crippen molar-refractivity contribution in [1.82, 2.24) is 4.98 Å². The first-order valence-electron chi connectivity index (χ1n) is 8.42. The lowest BCUT2D eigenvalue weighted by atomic mass is 10.1. The van der Waals surface area contributed by atoms with Crippen LogP contribution in [-0.2, 0) is 0 Å². The number of hydrogen-bond acceptors (Lipinski definition) is 5. The molecular formula is C21H21N3O3. The average molecular weight is 363 g/mol. The summed E-state index contributed by atoms with van der Waals surface area (Å²) in [5, 5.41) is 6.03. The van der Waals surface area contributed by atoms with Gasteiger partial charge in [-0.2, -0.15) is 0 Å². The number of benzene rings is 2. The molecule has 0 radical (unpaired) electrons. The molecule has 6 nitrogen and oxygen atoms in total. The Hall–Kier alpha value is -3.54. The van der Waals surface area contributed by atoms with E-state index in [1.165, 1.54) is 0 Å². The second-order valence-electron chi connectivity index (χ2n) is 5.95. The third-order valence-corrected chi connectivity index (χ3v) is 3.97. The number of methoxy groups -OCH3 is 2. The van der Waals surface area contributed by atoms with Crippen LogP contribution in [-0.4, -0.2) is 25.1 Å². The molecule has 1 amide bonds. The van der Waals surface area contributed by atoms with E-state index in [1.807, 2.05) is 43.3 Å². The van der Waals surface area contributed by atoms with Gasteiger partial charge in [0.2, 0.25) is 0 Å². The number of hydrogen-bond donors (Lipinski definition) is 2. The Morgan fingerprint density at radius 1 is 1.00 bits per heavy atom. The van der Waals surface area contributed by atoms with E-state index in [1.54, 1.807) is 38.6 Å². The topological polar surface area (TPSA) is 72.5 Å². The lowest BCUT2D eigenvalue weighted by Gasteiger charge is -2.12. The van der Waals surface area contributed by atoms with Gasteiger partial charge in [-0.1, -0.05) is 17.7 Å². The van der Waals surface area contributed by atoms with Crippen molar-refractivity contribution in [2.75, 3.05) is 24.9 Å². The van der Waals surface area contributed by atoms with Gasteiger partial charge < -0.3 is 20.1 Å². The number of ether oxygens (including phenoxy) is 2. The van der Waals surface area contributed by atoms with Gasteiger partial charge in [-0.05, 0) is 43.3 Å². The van der Waals surface area contributed by atoms with Crippen molar-refractivity contribution in [1.29, 1.82) is 0 Å². The number of anilines is 3. The van der Waals surface area contributed by atoms with Crippen LogP contribution in [0.1, 0.15) is 15.9 Å². The molecule has 27 heavy (non-hydrogen) atoms. The maximum Gasteiger partial charge on any atom is 0.255 e. The molecule has 2 N–H and O–H groups in total. The SMILES string of the molecule is COc1ccc(OC)c(Nc2ccc(NC(=O)c3cccc(C)c3)cn2)c1. The summed E-state index contributed by atoms with van der Waals surface area (Å²) in [7, 11) is 3.21. The van der Waals surface area contributed by atoms with E-state index in [9.17, 15) is 4.79 Å². The zero-order valence-corrected chi connectivity index (χ0v) is 15.4. The van der Waals surface area contributed by atoms with E-state index in [0.717, 1.165) is 11.3 Å². The quantitative estimate of drug-likeness (QED) is 0.679. The molecule has 0 atom stereocenters. The first-order valence-corrected chi connectivity index (χ1v) is 8.42. The minimum absolute atomic E-state index is 0.171. The molecule has 138 valence electrons. The summed E-state index contributed by atoms with van der Waals surface area (Å²) < 4.78 is 10.6. The standard InChI is InChI=1S/C21H21N3O3/c1-14-5-4-6-15(11-14)21(25)23-16-7-10-20(22-13-16)24-18-12-17(26-2)8-9-19(18)27-3/h4-13H,1-3H3,(H,22,24)(H,23,25). The van der Waals surface area contributed by atoms with Crippen molar-refractivity contribution in [3.8, 4) is 11.5 Å². The van der Waals surface area contributed by atoms with Crippen LogP contribution in [0.2, 0.25) is 0 Å². The van der Waals surface area contributed by atoms with E-state index < -0.39 is 0 Å². The molecule has 0 saturated heterocycles. The van der Waals surface area contributed by atoms with Gasteiger partial charge in [0.05, 0.1) is 31.8 Å². The third kappa shape index (κ3) is 4.55. The number of carbonyl (C=O) groups excluding carboxylic acids is 1. The molecule has 0 aliphatic heterocycles. The third-order valence-electron chi connectivity index (χ3n) is 3.97. The van der Waals surface area contributed by atoms with Crippen LogP contribution in [0.25, 0.3) is 0 Å². The van der Waals surface area contributed by atoms with E-state index in [0.29, 0.717) is 28.6 Å². The molecule has 2 aromatic carbocycles. The van der Waals surface area contributed by atoms with Gasteiger partial charge in [0.1, 0.15) is 17.3 Å². The molecule has 0 fully saturated rings. The zero-order chi connectivity index (χ0) is 19.2. The summed E-state index contributed by atoms with van der Waals surface area (Å²) in [6, 6.07) is 16.5. The fraction of sp³-hybridized carbons (Fsp3) is 0.143. The molecule has 6 heteroatoms. The first kappa shape index (κ1) is 18.3. The molecule has 0 saturated carbocycles. The molecule has 0 unspecified atom stereocenters. The fourth-order valence-electron chi connectivity index (χ4n) is 2.58. The minimum Gasteiger partial charge on any atom is -0.497 e.